The first kappa shape index (κ1) is 21.2. The lowest BCUT2D eigenvalue weighted by atomic mass is 9.74. The van der Waals surface area contributed by atoms with Gasteiger partial charge in [-0.25, -0.2) is 4.79 Å². The number of hydrogen-bond donors (Lipinski definition) is 2. The highest BCUT2D eigenvalue weighted by Gasteiger charge is 2.55. The lowest BCUT2D eigenvalue weighted by Crippen LogP contribution is -2.59. The van der Waals surface area contributed by atoms with Crippen LogP contribution >= 0.6 is 0 Å². The summed E-state index contributed by atoms with van der Waals surface area (Å²) in [5.41, 5.74) is 1.57. The number of carbonyl (C=O) groups excluding carboxylic acids is 3. The predicted molar refractivity (Wildman–Crippen MR) is 113 cm³/mol. The van der Waals surface area contributed by atoms with Gasteiger partial charge in [0.2, 0.25) is 0 Å². The molecular formula is C24H26N2O5. The fraction of sp³-hybridized carbons (Fsp3) is 0.375. The summed E-state index contributed by atoms with van der Waals surface area (Å²) in [6.07, 6.45) is 2.52. The molecule has 3 aliphatic rings. The molecule has 0 unspecified atom stereocenters. The zero-order valence-corrected chi connectivity index (χ0v) is 17.2. The summed E-state index contributed by atoms with van der Waals surface area (Å²) >= 11 is 0. The molecule has 2 saturated carbocycles. The van der Waals surface area contributed by atoms with Crippen molar-refractivity contribution in [1.82, 2.24) is 10.6 Å². The number of imide groups is 1. The summed E-state index contributed by atoms with van der Waals surface area (Å²) in [6, 6.07) is 19.5. The predicted octanol–water partition coefficient (Wildman–Crippen LogP) is 2.88. The molecule has 0 radical (unpaired) electrons. The number of urea groups is 1. The molecule has 1 aliphatic heterocycles. The Hall–Kier alpha value is -3.03. The van der Waals surface area contributed by atoms with Crippen molar-refractivity contribution in [2.45, 2.75) is 56.6 Å². The van der Waals surface area contributed by atoms with Crippen LogP contribution in [0.2, 0.25) is 0 Å². The van der Waals surface area contributed by atoms with E-state index in [1.165, 1.54) is 5.56 Å². The molecule has 2 aromatic carbocycles. The van der Waals surface area contributed by atoms with Crippen molar-refractivity contribution < 1.29 is 23.9 Å². The Morgan fingerprint density at radius 1 is 0.774 bits per heavy atom. The molecule has 0 bridgehead atoms. The zero-order valence-electron chi connectivity index (χ0n) is 17.2. The van der Waals surface area contributed by atoms with E-state index in [1.807, 2.05) is 60.7 Å². The van der Waals surface area contributed by atoms with Crippen LogP contribution in [0.25, 0.3) is 0 Å². The monoisotopic (exact) mass is 422 g/mol. The van der Waals surface area contributed by atoms with Gasteiger partial charge in [0, 0.05) is 25.7 Å². The molecule has 1 saturated heterocycles. The average Bonchev–Trinajstić information content (AvgIpc) is 3.04. The standard InChI is InChI=1S/C13H14N2O3.C11H12O2/c16-11-13(15-12(17)14-11)6-10(7-13)18-8-9-4-2-1-3-5-9;12-10-6-11(7-10)13-8-9-4-2-1-3-5-9/h1-5,10H,6-8H2,(H2,14,15,16,17);1-5,11H,6-8H2. The van der Waals surface area contributed by atoms with Gasteiger partial charge in [-0.3, -0.25) is 14.9 Å². The third-order valence-electron chi connectivity index (χ3n) is 5.73. The van der Waals surface area contributed by atoms with Crippen molar-refractivity contribution in [3.8, 4) is 0 Å². The van der Waals surface area contributed by atoms with E-state index in [-0.39, 0.29) is 18.1 Å². The number of hydrogen-bond acceptors (Lipinski definition) is 5. The summed E-state index contributed by atoms with van der Waals surface area (Å²) in [5, 5.41) is 4.92. The van der Waals surface area contributed by atoms with Gasteiger partial charge in [0.25, 0.3) is 5.91 Å². The average molecular weight is 422 g/mol. The van der Waals surface area contributed by atoms with E-state index in [0.717, 1.165) is 5.56 Å². The molecule has 2 aliphatic carbocycles. The topological polar surface area (TPSA) is 93.7 Å². The summed E-state index contributed by atoms with van der Waals surface area (Å²) in [4.78, 5) is 33.3. The first-order valence-corrected chi connectivity index (χ1v) is 10.5. The maximum Gasteiger partial charge on any atom is 0.322 e. The van der Waals surface area contributed by atoms with Gasteiger partial charge in [-0.2, -0.15) is 0 Å². The minimum absolute atomic E-state index is 0.0364. The van der Waals surface area contributed by atoms with E-state index in [2.05, 4.69) is 10.6 Å². The Morgan fingerprint density at radius 2 is 1.29 bits per heavy atom. The van der Waals surface area contributed by atoms with Crippen LogP contribution in [0.3, 0.4) is 0 Å². The molecule has 5 rings (SSSR count). The van der Waals surface area contributed by atoms with E-state index < -0.39 is 11.6 Å². The highest BCUT2D eigenvalue weighted by Crippen LogP contribution is 2.37. The van der Waals surface area contributed by atoms with Crippen molar-refractivity contribution in [1.29, 1.82) is 0 Å². The van der Waals surface area contributed by atoms with Gasteiger partial charge in [0.1, 0.15) is 11.3 Å². The van der Waals surface area contributed by atoms with Crippen LogP contribution in [0.5, 0.6) is 0 Å². The van der Waals surface area contributed by atoms with Gasteiger partial charge < -0.3 is 14.8 Å². The Morgan fingerprint density at radius 3 is 1.74 bits per heavy atom. The molecule has 31 heavy (non-hydrogen) atoms. The molecular weight excluding hydrogens is 396 g/mol. The van der Waals surface area contributed by atoms with Gasteiger partial charge in [0.15, 0.2) is 0 Å². The maximum atomic E-state index is 11.6. The smallest absolute Gasteiger partial charge is 0.322 e. The van der Waals surface area contributed by atoms with Crippen molar-refractivity contribution in [2.75, 3.05) is 0 Å². The number of benzene rings is 2. The molecule has 0 aromatic heterocycles. The minimum Gasteiger partial charge on any atom is -0.373 e. The minimum atomic E-state index is -0.710. The van der Waals surface area contributed by atoms with E-state index in [0.29, 0.717) is 44.7 Å². The second-order valence-electron chi connectivity index (χ2n) is 8.18. The maximum absolute atomic E-state index is 11.6. The first-order valence-electron chi connectivity index (χ1n) is 10.5. The molecule has 3 amide bonds. The van der Waals surface area contributed by atoms with Gasteiger partial charge in [-0.05, 0) is 11.1 Å². The van der Waals surface area contributed by atoms with Crippen LogP contribution in [-0.2, 0) is 32.3 Å². The molecule has 1 spiro atoms. The lowest BCUT2D eigenvalue weighted by molar-refractivity contribution is -0.136. The summed E-state index contributed by atoms with van der Waals surface area (Å²) < 4.78 is 11.2. The molecule has 3 fully saturated rings. The number of Topliss-reactive ketones (excluding diaryl/α,β-unsaturated/α-hetero) is 1. The Kier molecular flexibility index (Phi) is 6.44. The molecule has 1 heterocycles. The molecule has 162 valence electrons. The number of ether oxygens (including phenoxy) is 2. The highest BCUT2D eigenvalue weighted by molar-refractivity contribution is 6.07. The van der Waals surface area contributed by atoms with E-state index in [4.69, 9.17) is 9.47 Å². The van der Waals surface area contributed by atoms with Crippen LogP contribution in [0.4, 0.5) is 4.79 Å². The SMILES string of the molecule is O=C1CC(OCc2ccccc2)C1.O=C1NC(=O)C2(CC(OCc3ccccc3)C2)N1. The first-order chi connectivity index (χ1) is 15.0. The number of amides is 3. The summed E-state index contributed by atoms with van der Waals surface area (Å²) in [5.74, 6) is 0.0881. The van der Waals surface area contributed by atoms with E-state index in [1.54, 1.807) is 0 Å². The van der Waals surface area contributed by atoms with E-state index >= 15 is 0 Å². The summed E-state index contributed by atoms with van der Waals surface area (Å²) in [6.45, 7) is 1.16. The van der Waals surface area contributed by atoms with Crippen LogP contribution < -0.4 is 10.6 Å². The number of ketones is 1. The zero-order chi connectivity index (χ0) is 21.7. The normalized spacial score (nSPS) is 24.5. The molecule has 2 N–H and O–H groups in total. The quantitative estimate of drug-likeness (QED) is 0.699. The van der Waals surface area contributed by atoms with Crippen molar-refractivity contribution in [3.63, 3.8) is 0 Å². The molecule has 0 atom stereocenters. The summed E-state index contributed by atoms with van der Waals surface area (Å²) in [7, 11) is 0. The second kappa shape index (κ2) is 9.41. The number of carbonyl (C=O) groups is 3. The third-order valence-corrected chi connectivity index (χ3v) is 5.73. The van der Waals surface area contributed by atoms with Gasteiger partial charge in [-0.1, -0.05) is 60.7 Å². The van der Waals surface area contributed by atoms with Crippen LogP contribution in [0.1, 0.15) is 36.8 Å². The van der Waals surface area contributed by atoms with Crippen molar-refractivity contribution >= 4 is 17.7 Å². The van der Waals surface area contributed by atoms with Gasteiger partial charge in [0.05, 0.1) is 25.4 Å². The van der Waals surface area contributed by atoms with E-state index in [9.17, 15) is 14.4 Å². The largest absolute Gasteiger partial charge is 0.373 e. The molecule has 7 heteroatoms. The van der Waals surface area contributed by atoms with Crippen LogP contribution in [-0.4, -0.2) is 35.5 Å². The Bertz CT molecular complexity index is 918. The molecule has 2 aromatic rings. The van der Waals surface area contributed by atoms with Gasteiger partial charge >= 0.3 is 6.03 Å². The van der Waals surface area contributed by atoms with Crippen molar-refractivity contribution in [2.24, 2.45) is 0 Å². The van der Waals surface area contributed by atoms with Crippen LogP contribution in [0.15, 0.2) is 60.7 Å². The van der Waals surface area contributed by atoms with Gasteiger partial charge in [-0.15, -0.1) is 0 Å². The molecule has 7 nitrogen and oxygen atoms in total. The third kappa shape index (κ3) is 5.37. The Labute approximate surface area is 181 Å². The number of nitrogens with one attached hydrogen (secondary N) is 2. The highest BCUT2D eigenvalue weighted by atomic mass is 16.5. The lowest BCUT2D eigenvalue weighted by Gasteiger charge is -2.41. The van der Waals surface area contributed by atoms with Crippen LogP contribution in [0, 0.1) is 0 Å². The fourth-order valence-electron chi connectivity index (χ4n) is 3.79. The van der Waals surface area contributed by atoms with Crippen molar-refractivity contribution in [3.05, 3.63) is 71.8 Å². The Balaban J connectivity index is 0.000000158. The number of rotatable bonds is 6. The second-order valence-corrected chi connectivity index (χ2v) is 8.18. The fourth-order valence-corrected chi connectivity index (χ4v) is 3.79.